The van der Waals surface area contributed by atoms with Gasteiger partial charge in [0.15, 0.2) is 5.82 Å². The Kier molecular flexibility index (Phi) is 6.09. The Morgan fingerprint density at radius 3 is 2.44 bits per heavy atom. The molecule has 0 N–H and O–H groups in total. The molecule has 0 bridgehead atoms. The number of rotatable bonds is 7. The molecular formula is C18H27FN6. The van der Waals surface area contributed by atoms with Crippen molar-refractivity contribution in [2.75, 3.05) is 32.7 Å². The second-order valence-corrected chi connectivity index (χ2v) is 6.60. The molecule has 0 saturated carbocycles. The van der Waals surface area contributed by atoms with Gasteiger partial charge in [0.1, 0.15) is 5.82 Å². The number of nitrogens with zero attached hydrogens (tertiary/aromatic N) is 6. The molecule has 136 valence electrons. The van der Waals surface area contributed by atoms with Crippen molar-refractivity contribution in [3.63, 3.8) is 0 Å². The molecule has 1 aliphatic rings. The zero-order valence-electron chi connectivity index (χ0n) is 15.1. The Bertz CT molecular complexity index is 648. The molecule has 6 nitrogen and oxygen atoms in total. The lowest BCUT2D eigenvalue weighted by Gasteiger charge is -2.38. The van der Waals surface area contributed by atoms with Gasteiger partial charge in [-0.25, -0.2) is 9.07 Å². The van der Waals surface area contributed by atoms with Crippen molar-refractivity contribution < 1.29 is 4.39 Å². The van der Waals surface area contributed by atoms with Gasteiger partial charge in [0.2, 0.25) is 0 Å². The lowest BCUT2D eigenvalue weighted by atomic mass is 10.1. The van der Waals surface area contributed by atoms with Crippen molar-refractivity contribution >= 4 is 0 Å². The molecule has 1 aromatic heterocycles. The van der Waals surface area contributed by atoms with E-state index in [1.165, 1.54) is 12.1 Å². The Hall–Kier alpha value is -1.86. The van der Waals surface area contributed by atoms with Crippen LogP contribution in [0.2, 0.25) is 0 Å². The Morgan fingerprint density at radius 2 is 1.80 bits per heavy atom. The largest absolute Gasteiger partial charge is 0.301 e. The van der Waals surface area contributed by atoms with E-state index in [0.717, 1.165) is 57.0 Å². The smallest absolute Gasteiger partial charge is 0.168 e. The van der Waals surface area contributed by atoms with Gasteiger partial charge in [-0.05, 0) is 41.1 Å². The number of likely N-dealkylation sites (N-methyl/N-ethyl adjacent to an activating group) is 1. The molecule has 0 amide bonds. The van der Waals surface area contributed by atoms with Crippen molar-refractivity contribution in [2.24, 2.45) is 0 Å². The SMILES string of the molecule is CCC[C@H](c1nnnn1Cc1ccc(F)cc1)N1CCN(CC)CC1. The van der Waals surface area contributed by atoms with Crippen molar-refractivity contribution in [3.05, 3.63) is 41.5 Å². The molecule has 1 aliphatic heterocycles. The number of halogens is 1. The summed E-state index contributed by atoms with van der Waals surface area (Å²) < 4.78 is 15.0. The minimum absolute atomic E-state index is 0.224. The summed E-state index contributed by atoms with van der Waals surface area (Å²) in [6.07, 6.45) is 2.12. The maximum atomic E-state index is 13.1. The van der Waals surface area contributed by atoms with Crippen molar-refractivity contribution in [2.45, 2.75) is 39.3 Å². The van der Waals surface area contributed by atoms with Gasteiger partial charge in [-0.1, -0.05) is 32.4 Å². The number of tetrazole rings is 1. The third-order valence-electron chi connectivity index (χ3n) is 4.96. The van der Waals surface area contributed by atoms with E-state index >= 15 is 0 Å². The highest BCUT2D eigenvalue weighted by atomic mass is 19.1. The topological polar surface area (TPSA) is 50.1 Å². The number of piperazine rings is 1. The van der Waals surface area contributed by atoms with Gasteiger partial charge in [-0.15, -0.1) is 5.10 Å². The molecule has 0 spiro atoms. The minimum Gasteiger partial charge on any atom is -0.301 e. The number of aromatic nitrogens is 4. The van der Waals surface area contributed by atoms with E-state index in [2.05, 4.69) is 39.2 Å². The summed E-state index contributed by atoms with van der Waals surface area (Å²) in [5.41, 5.74) is 1.00. The van der Waals surface area contributed by atoms with Crippen LogP contribution in [-0.2, 0) is 6.54 Å². The normalized spacial score (nSPS) is 17.7. The Balaban J connectivity index is 1.76. The molecule has 25 heavy (non-hydrogen) atoms. The van der Waals surface area contributed by atoms with Crippen LogP contribution in [-0.4, -0.2) is 62.7 Å². The number of hydrogen-bond acceptors (Lipinski definition) is 5. The van der Waals surface area contributed by atoms with E-state index in [9.17, 15) is 4.39 Å². The van der Waals surface area contributed by atoms with E-state index in [-0.39, 0.29) is 11.9 Å². The fraction of sp³-hybridized carbons (Fsp3) is 0.611. The third-order valence-corrected chi connectivity index (χ3v) is 4.96. The van der Waals surface area contributed by atoms with Crippen LogP contribution in [0.15, 0.2) is 24.3 Å². The average Bonchev–Trinajstić information content (AvgIpc) is 3.09. The first kappa shape index (κ1) is 17.9. The molecule has 2 aromatic rings. The van der Waals surface area contributed by atoms with E-state index in [1.54, 1.807) is 12.1 Å². The molecule has 1 saturated heterocycles. The molecule has 3 rings (SSSR count). The fourth-order valence-electron chi connectivity index (χ4n) is 3.47. The van der Waals surface area contributed by atoms with Gasteiger partial charge in [-0.2, -0.15) is 0 Å². The predicted molar refractivity (Wildman–Crippen MR) is 94.7 cm³/mol. The summed E-state index contributed by atoms with van der Waals surface area (Å²) in [5.74, 6) is 0.689. The van der Waals surface area contributed by atoms with Crippen molar-refractivity contribution in [3.8, 4) is 0 Å². The van der Waals surface area contributed by atoms with E-state index < -0.39 is 0 Å². The van der Waals surface area contributed by atoms with Crippen molar-refractivity contribution in [1.82, 2.24) is 30.0 Å². The molecule has 2 heterocycles. The highest BCUT2D eigenvalue weighted by molar-refractivity contribution is 5.16. The minimum atomic E-state index is -0.224. The monoisotopic (exact) mass is 346 g/mol. The number of hydrogen-bond donors (Lipinski definition) is 0. The van der Waals surface area contributed by atoms with Crippen LogP contribution in [0.1, 0.15) is 44.1 Å². The van der Waals surface area contributed by atoms with Gasteiger partial charge in [0.25, 0.3) is 0 Å². The van der Waals surface area contributed by atoms with Crippen molar-refractivity contribution in [1.29, 1.82) is 0 Å². The molecule has 0 unspecified atom stereocenters. The molecule has 0 radical (unpaired) electrons. The summed E-state index contributed by atoms with van der Waals surface area (Å²) in [6, 6.07) is 6.77. The van der Waals surface area contributed by atoms with Crippen LogP contribution in [0.25, 0.3) is 0 Å². The molecule has 1 fully saturated rings. The first-order chi connectivity index (χ1) is 12.2. The lowest BCUT2D eigenvalue weighted by Crippen LogP contribution is -2.47. The second-order valence-electron chi connectivity index (χ2n) is 6.60. The van der Waals surface area contributed by atoms with Crippen LogP contribution < -0.4 is 0 Å². The van der Waals surface area contributed by atoms with Gasteiger partial charge in [-0.3, -0.25) is 4.90 Å². The van der Waals surface area contributed by atoms with Crippen LogP contribution in [0, 0.1) is 5.82 Å². The van der Waals surface area contributed by atoms with Gasteiger partial charge in [0.05, 0.1) is 12.6 Å². The zero-order chi connectivity index (χ0) is 17.6. The zero-order valence-corrected chi connectivity index (χ0v) is 15.1. The lowest BCUT2D eigenvalue weighted by molar-refractivity contribution is 0.0889. The standard InChI is InChI=1S/C18H27FN6/c1-3-5-17(24-12-10-23(4-2)11-13-24)18-20-21-22-25(18)14-15-6-8-16(19)9-7-15/h6-9,17H,3-5,10-14H2,1-2H3/t17-/m1/s1. The van der Waals surface area contributed by atoms with E-state index in [4.69, 9.17) is 0 Å². The fourth-order valence-corrected chi connectivity index (χ4v) is 3.47. The maximum Gasteiger partial charge on any atom is 0.168 e. The summed E-state index contributed by atoms with van der Waals surface area (Å²) in [4.78, 5) is 4.98. The van der Waals surface area contributed by atoms with E-state index in [1.807, 2.05) is 4.68 Å². The predicted octanol–water partition coefficient (Wildman–Crippen LogP) is 2.34. The van der Waals surface area contributed by atoms with Gasteiger partial charge in [0, 0.05) is 26.2 Å². The van der Waals surface area contributed by atoms with Crippen LogP contribution in [0.5, 0.6) is 0 Å². The summed E-state index contributed by atoms with van der Waals surface area (Å²) >= 11 is 0. The third kappa shape index (κ3) is 4.41. The molecule has 7 heteroatoms. The summed E-state index contributed by atoms with van der Waals surface area (Å²) in [7, 11) is 0. The highest BCUT2D eigenvalue weighted by Crippen LogP contribution is 2.25. The molecule has 0 aliphatic carbocycles. The first-order valence-electron chi connectivity index (χ1n) is 9.18. The summed E-state index contributed by atoms with van der Waals surface area (Å²) in [5, 5.41) is 12.4. The molecule has 1 aromatic carbocycles. The second kappa shape index (κ2) is 8.49. The van der Waals surface area contributed by atoms with Crippen LogP contribution in [0.3, 0.4) is 0 Å². The van der Waals surface area contributed by atoms with Gasteiger partial charge < -0.3 is 4.90 Å². The molecular weight excluding hydrogens is 319 g/mol. The average molecular weight is 346 g/mol. The molecule has 1 atom stereocenters. The number of benzene rings is 1. The Morgan fingerprint density at radius 1 is 1.08 bits per heavy atom. The maximum absolute atomic E-state index is 13.1. The van der Waals surface area contributed by atoms with Crippen LogP contribution >= 0.6 is 0 Å². The quantitative estimate of drug-likeness (QED) is 0.770. The highest BCUT2D eigenvalue weighted by Gasteiger charge is 2.28. The Labute approximate surface area is 148 Å². The van der Waals surface area contributed by atoms with Crippen LogP contribution in [0.4, 0.5) is 4.39 Å². The first-order valence-corrected chi connectivity index (χ1v) is 9.18. The summed E-state index contributed by atoms with van der Waals surface area (Å²) in [6.45, 7) is 10.4. The van der Waals surface area contributed by atoms with E-state index in [0.29, 0.717) is 6.54 Å². The van der Waals surface area contributed by atoms with Gasteiger partial charge >= 0.3 is 0 Å².